The van der Waals surface area contributed by atoms with Gasteiger partial charge in [0.25, 0.3) is 0 Å². The zero-order valence-electron chi connectivity index (χ0n) is 15.5. The molecule has 27 heavy (non-hydrogen) atoms. The molecule has 7 nitrogen and oxygen atoms in total. The predicted octanol–water partition coefficient (Wildman–Crippen LogP) is 1.20. The first kappa shape index (κ1) is 17.7. The number of ether oxygens (including phenoxy) is 1. The lowest BCUT2D eigenvalue weighted by Crippen LogP contribution is -2.49. The molecule has 7 heteroatoms. The van der Waals surface area contributed by atoms with Gasteiger partial charge in [-0.05, 0) is 23.8 Å². The smallest absolute Gasteiger partial charge is 0.227 e. The van der Waals surface area contributed by atoms with Crippen molar-refractivity contribution in [3.63, 3.8) is 0 Å². The predicted molar refractivity (Wildman–Crippen MR) is 104 cm³/mol. The Morgan fingerprint density at radius 1 is 0.889 bits per heavy atom. The van der Waals surface area contributed by atoms with Gasteiger partial charge >= 0.3 is 0 Å². The molecule has 2 aromatic rings. The Balaban J connectivity index is 1.29. The molecule has 142 valence electrons. The minimum absolute atomic E-state index is 0.183. The molecule has 4 rings (SSSR count). The Hall–Kier alpha value is -2.67. The van der Waals surface area contributed by atoms with Gasteiger partial charge in [-0.3, -0.25) is 4.79 Å². The van der Waals surface area contributed by atoms with Crippen LogP contribution in [0.25, 0.3) is 0 Å². The zero-order valence-corrected chi connectivity index (χ0v) is 15.5. The van der Waals surface area contributed by atoms with Gasteiger partial charge in [0.2, 0.25) is 11.9 Å². The second-order valence-electron chi connectivity index (χ2n) is 6.86. The van der Waals surface area contributed by atoms with E-state index in [0.717, 1.165) is 50.9 Å². The third-order valence-corrected chi connectivity index (χ3v) is 5.14. The number of amides is 1. The third-order valence-electron chi connectivity index (χ3n) is 5.14. The number of nitrogens with zero attached hydrogens (tertiary/aromatic N) is 5. The van der Waals surface area contributed by atoms with Gasteiger partial charge in [-0.1, -0.05) is 12.1 Å². The van der Waals surface area contributed by atoms with Crippen LogP contribution in [0.5, 0.6) is 0 Å². The van der Waals surface area contributed by atoms with Gasteiger partial charge in [-0.15, -0.1) is 0 Å². The topological polar surface area (TPSA) is 61.8 Å². The number of morpholine rings is 1. The minimum Gasteiger partial charge on any atom is -0.378 e. The highest BCUT2D eigenvalue weighted by atomic mass is 16.5. The summed E-state index contributed by atoms with van der Waals surface area (Å²) in [6, 6.07) is 10.2. The van der Waals surface area contributed by atoms with Gasteiger partial charge in [0.1, 0.15) is 0 Å². The van der Waals surface area contributed by atoms with Crippen LogP contribution >= 0.6 is 0 Å². The summed E-state index contributed by atoms with van der Waals surface area (Å²) >= 11 is 0. The van der Waals surface area contributed by atoms with Crippen molar-refractivity contribution in [2.24, 2.45) is 0 Å². The van der Waals surface area contributed by atoms with Gasteiger partial charge in [0, 0.05) is 57.3 Å². The zero-order chi connectivity index (χ0) is 18.5. The molecule has 0 aliphatic carbocycles. The first-order chi connectivity index (χ1) is 13.3. The van der Waals surface area contributed by atoms with Crippen molar-refractivity contribution >= 4 is 17.5 Å². The highest BCUT2D eigenvalue weighted by Gasteiger charge is 2.22. The van der Waals surface area contributed by atoms with Crippen LogP contribution in [0, 0.1) is 0 Å². The minimum atomic E-state index is 0.183. The highest BCUT2D eigenvalue weighted by molar-refractivity contribution is 5.79. The lowest BCUT2D eigenvalue weighted by Gasteiger charge is -2.34. The molecule has 2 aliphatic heterocycles. The van der Waals surface area contributed by atoms with Crippen molar-refractivity contribution in [2.45, 2.75) is 6.42 Å². The number of carbonyl (C=O) groups is 1. The number of carbonyl (C=O) groups excluding carboxylic acids is 1. The summed E-state index contributed by atoms with van der Waals surface area (Å²) in [5.41, 5.74) is 2.26. The Bertz CT molecular complexity index is 739. The second-order valence-corrected chi connectivity index (χ2v) is 6.86. The molecular formula is C20H25N5O2. The molecule has 0 unspecified atom stereocenters. The van der Waals surface area contributed by atoms with Gasteiger partial charge in [-0.2, -0.15) is 0 Å². The van der Waals surface area contributed by atoms with E-state index in [4.69, 9.17) is 4.74 Å². The molecule has 0 bridgehead atoms. The van der Waals surface area contributed by atoms with Crippen LogP contribution in [0.15, 0.2) is 42.7 Å². The Morgan fingerprint density at radius 3 is 2.22 bits per heavy atom. The molecule has 3 heterocycles. The summed E-state index contributed by atoms with van der Waals surface area (Å²) in [4.78, 5) is 27.6. The average Bonchev–Trinajstić information content (AvgIpc) is 2.76. The highest BCUT2D eigenvalue weighted by Crippen LogP contribution is 2.18. The molecule has 0 saturated carbocycles. The number of benzene rings is 1. The summed E-state index contributed by atoms with van der Waals surface area (Å²) in [5, 5.41) is 0. The SMILES string of the molecule is O=C(Cc1ccc(N2CCOCC2)cc1)N1CCN(c2ncccn2)CC1. The van der Waals surface area contributed by atoms with E-state index in [2.05, 4.69) is 44.0 Å². The summed E-state index contributed by atoms with van der Waals surface area (Å²) < 4.78 is 5.40. The maximum Gasteiger partial charge on any atom is 0.227 e. The van der Waals surface area contributed by atoms with E-state index in [0.29, 0.717) is 19.5 Å². The number of hydrogen-bond acceptors (Lipinski definition) is 6. The maximum absolute atomic E-state index is 12.6. The first-order valence-corrected chi connectivity index (χ1v) is 9.51. The molecule has 1 aromatic heterocycles. The van der Waals surface area contributed by atoms with Crippen molar-refractivity contribution in [3.8, 4) is 0 Å². The van der Waals surface area contributed by atoms with Gasteiger partial charge < -0.3 is 19.4 Å². The van der Waals surface area contributed by atoms with E-state index in [-0.39, 0.29) is 5.91 Å². The lowest BCUT2D eigenvalue weighted by atomic mass is 10.1. The maximum atomic E-state index is 12.6. The fraction of sp³-hybridized carbons (Fsp3) is 0.450. The summed E-state index contributed by atoms with van der Waals surface area (Å²) in [6.07, 6.45) is 3.95. The van der Waals surface area contributed by atoms with Crippen molar-refractivity contribution in [3.05, 3.63) is 48.3 Å². The average molecular weight is 367 g/mol. The quantitative estimate of drug-likeness (QED) is 0.809. The van der Waals surface area contributed by atoms with Crippen LogP contribution in [0.4, 0.5) is 11.6 Å². The van der Waals surface area contributed by atoms with E-state index in [1.54, 1.807) is 12.4 Å². The summed E-state index contributed by atoms with van der Waals surface area (Å²) in [6.45, 7) is 6.37. The molecule has 0 spiro atoms. The van der Waals surface area contributed by atoms with Gasteiger partial charge in [-0.25, -0.2) is 9.97 Å². The number of piperazine rings is 1. The number of aromatic nitrogens is 2. The first-order valence-electron chi connectivity index (χ1n) is 9.51. The normalized spacial score (nSPS) is 17.9. The number of hydrogen-bond donors (Lipinski definition) is 0. The number of rotatable bonds is 4. The monoisotopic (exact) mass is 367 g/mol. The van der Waals surface area contributed by atoms with E-state index in [1.807, 2.05) is 11.0 Å². The van der Waals surface area contributed by atoms with Gasteiger partial charge in [0.15, 0.2) is 0 Å². The van der Waals surface area contributed by atoms with Gasteiger partial charge in [0.05, 0.1) is 19.6 Å². The fourth-order valence-corrected chi connectivity index (χ4v) is 3.54. The van der Waals surface area contributed by atoms with Crippen LogP contribution in [0.1, 0.15) is 5.56 Å². The lowest BCUT2D eigenvalue weighted by molar-refractivity contribution is -0.130. The number of anilines is 2. The van der Waals surface area contributed by atoms with E-state index in [9.17, 15) is 4.79 Å². The van der Waals surface area contributed by atoms with E-state index in [1.165, 1.54) is 5.69 Å². The van der Waals surface area contributed by atoms with Crippen LogP contribution in [0.2, 0.25) is 0 Å². The summed E-state index contributed by atoms with van der Waals surface area (Å²) in [7, 11) is 0. The standard InChI is InChI=1S/C20H25N5O2/c26-19(24-8-10-25(11-9-24)20-21-6-1-7-22-20)16-17-2-4-18(5-3-17)23-12-14-27-15-13-23/h1-7H,8-16H2. The molecule has 2 aliphatic rings. The van der Waals surface area contributed by atoms with E-state index >= 15 is 0 Å². The fourth-order valence-electron chi connectivity index (χ4n) is 3.54. The summed E-state index contributed by atoms with van der Waals surface area (Å²) in [5.74, 6) is 0.922. The molecular weight excluding hydrogens is 342 g/mol. The molecule has 1 aromatic carbocycles. The second kappa shape index (κ2) is 8.35. The molecule has 1 amide bonds. The largest absolute Gasteiger partial charge is 0.378 e. The van der Waals surface area contributed by atoms with Crippen molar-refractivity contribution in [2.75, 3.05) is 62.3 Å². The Morgan fingerprint density at radius 2 is 1.56 bits per heavy atom. The van der Waals surface area contributed by atoms with Crippen molar-refractivity contribution in [1.82, 2.24) is 14.9 Å². The Kier molecular flexibility index (Phi) is 5.48. The van der Waals surface area contributed by atoms with E-state index < -0.39 is 0 Å². The molecule has 2 fully saturated rings. The Labute approximate surface area is 159 Å². The molecule has 0 radical (unpaired) electrons. The van der Waals surface area contributed by atoms with Crippen molar-refractivity contribution in [1.29, 1.82) is 0 Å². The van der Waals surface area contributed by atoms with Crippen LogP contribution in [0.3, 0.4) is 0 Å². The van der Waals surface area contributed by atoms with Crippen LogP contribution < -0.4 is 9.80 Å². The third kappa shape index (κ3) is 4.36. The van der Waals surface area contributed by atoms with Crippen LogP contribution in [-0.4, -0.2) is 73.3 Å². The van der Waals surface area contributed by atoms with Crippen LogP contribution in [-0.2, 0) is 16.0 Å². The molecule has 0 atom stereocenters. The molecule has 2 saturated heterocycles. The molecule has 0 N–H and O–H groups in total. The van der Waals surface area contributed by atoms with Crippen molar-refractivity contribution < 1.29 is 9.53 Å².